The number of hydrogen-bond acceptors (Lipinski definition) is 6. The summed E-state index contributed by atoms with van der Waals surface area (Å²) in [5.41, 5.74) is -1.27. The molecular weight excluding hydrogens is 539 g/mol. The van der Waals surface area contributed by atoms with Gasteiger partial charge in [0.05, 0.1) is 11.3 Å². The molecule has 0 bridgehead atoms. The predicted molar refractivity (Wildman–Crippen MR) is 138 cm³/mol. The number of nitrogens with zero attached hydrogens (tertiary/aromatic N) is 1. The molecule has 0 saturated heterocycles. The van der Waals surface area contributed by atoms with Crippen LogP contribution in [0.25, 0.3) is 0 Å². The van der Waals surface area contributed by atoms with Gasteiger partial charge < -0.3 is 25.0 Å². The maximum Gasteiger partial charge on any atom is 0.418 e. The second-order valence-electron chi connectivity index (χ2n) is 9.24. The molecule has 1 fully saturated rings. The number of ether oxygens (including phenoxy) is 2. The van der Waals surface area contributed by atoms with Crippen LogP contribution in [0.4, 0.5) is 24.5 Å². The van der Waals surface area contributed by atoms with Crippen LogP contribution in [-0.2, 0) is 31.4 Å². The highest BCUT2D eigenvalue weighted by atomic mass is 32.2. The average molecular weight is 568 g/mol. The van der Waals surface area contributed by atoms with E-state index in [0.717, 1.165) is 44.2 Å². The van der Waals surface area contributed by atoms with Crippen molar-refractivity contribution in [1.82, 2.24) is 5.32 Å². The molecule has 1 aliphatic heterocycles. The van der Waals surface area contributed by atoms with Crippen LogP contribution in [-0.4, -0.2) is 52.8 Å². The Morgan fingerprint density at radius 2 is 1.67 bits per heavy atom. The number of carbonyl (C=O) groups excluding carboxylic acids is 3. The molecular formula is C26H28F3N3O6S. The molecule has 210 valence electrons. The maximum atomic E-state index is 13.7. The normalized spacial score (nSPS) is 15.9. The fourth-order valence-corrected chi connectivity index (χ4v) is 5.40. The van der Waals surface area contributed by atoms with E-state index < -0.39 is 64.0 Å². The van der Waals surface area contributed by atoms with E-state index in [0.29, 0.717) is 22.1 Å². The number of alkyl halides is 3. The number of nitrogens with one attached hydrogen (secondary N) is 2. The van der Waals surface area contributed by atoms with Gasteiger partial charge in [0.15, 0.2) is 11.5 Å². The number of hydrogen-bond donors (Lipinski definition) is 2. The van der Waals surface area contributed by atoms with Gasteiger partial charge in [0.2, 0.25) is 24.5 Å². The highest BCUT2D eigenvalue weighted by Crippen LogP contribution is 2.37. The third-order valence-corrected chi connectivity index (χ3v) is 7.46. The molecule has 2 aromatic carbocycles. The Hall–Kier alpha value is -3.61. The van der Waals surface area contributed by atoms with Gasteiger partial charge in [-0.1, -0.05) is 31.4 Å². The number of rotatable bonds is 9. The Kier molecular flexibility index (Phi) is 9.10. The monoisotopic (exact) mass is 567 g/mol. The van der Waals surface area contributed by atoms with Crippen molar-refractivity contribution < 1.29 is 41.2 Å². The first kappa shape index (κ1) is 28.4. The van der Waals surface area contributed by atoms with Crippen LogP contribution in [0, 0.1) is 0 Å². The summed E-state index contributed by atoms with van der Waals surface area (Å²) in [6, 6.07) is 8.95. The zero-order chi connectivity index (χ0) is 28.0. The molecule has 3 amide bonds. The number of carbonyl (C=O) groups is 3. The number of para-hydroxylation sites is 1. The van der Waals surface area contributed by atoms with Crippen LogP contribution >= 0.6 is 0 Å². The number of halogens is 3. The van der Waals surface area contributed by atoms with Gasteiger partial charge in [0.25, 0.3) is 0 Å². The molecule has 0 radical (unpaired) electrons. The third kappa shape index (κ3) is 7.71. The van der Waals surface area contributed by atoms with Crippen molar-refractivity contribution in [2.24, 2.45) is 0 Å². The summed E-state index contributed by atoms with van der Waals surface area (Å²) in [5.74, 6) is -2.65. The molecule has 0 unspecified atom stereocenters. The van der Waals surface area contributed by atoms with E-state index >= 15 is 0 Å². The first-order valence-corrected chi connectivity index (χ1v) is 13.9. The quantitative estimate of drug-likeness (QED) is 0.479. The van der Waals surface area contributed by atoms with E-state index in [1.807, 2.05) is 0 Å². The van der Waals surface area contributed by atoms with Crippen LogP contribution in [0.15, 0.2) is 42.5 Å². The Morgan fingerprint density at radius 1 is 0.949 bits per heavy atom. The topological polar surface area (TPSA) is 114 Å². The fourth-order valence-electron chi connectivity index (χ4n) is 4.50. The summed E-state index contributed by atoms with van der Waals surface area (Å²) in [5, 5.41) is 5.33. The molecule has 9 nitrogen and oxygen atoms in total. The molecule has 2 N–H and O–H groups in total. The van der Waals surface area contributed by atoms with Crippen LogP contribution in [0.1, 0.15) is 37.7 Å². The zero-order valence-corrected chi connectivity index (χ0v) is 21.7. The Balaban J connectivity index is 1.44. The third-order valence-electron chi connectivity index (χ3n) is 6.31. The van der Waals surface area contributed by atoms with Crippen molar-refractivity contribution in [1.29, 1.82) is 0 Å². The number of fused-ring (bicyclic) bond motifs is 1. The summed E-state index contributed by atoms with van der Waals surface area (Å²) in [6.45, 7) is -0.630. The van der Waals surface area contributed by atoms with Crippen LogP contribution in [0.5, 0.6) is 11.5 Å². The number of benzene rings is 2. The van der Waals surface area contributed by atoms with Gasteiger partial charge in [-0.15, -0.1) is 0 Å². The van der Waals surface area contributed by atoms with Gasteiger partial charge in [-0.25, -0.2) is 0 Å². The van der Waals surface area contributed by atoms with Crippen molar-refractivity contribution in [3.63, 3.8) is 0 Å². The lowest BCUT2D eigenvalue weighted by atomic mass is 9.95. The van der Waals surface area contributed by atoms with Gasteiger partial charge in [0.1, 0.15) is 18.1 Å². The molecule has 1 saturated carbocycles. The molecule has 2 aliphatic rings. The molecule has 0 spiro atoms. The van der Waals surface area contributed by atoms with Crippen LogP contribution in [0.3, 0.4) is 0 Å². The smallest absolute Gasteiger partial charge is 0.418 e. The first-order valence-electron chi connectivity index (χ1n) is 12.4. The lowest BCUT2D eigenvalue weighted by Gasteiger charge is -2.28. The number of anilines is 2. The number of amides is 3. The summed E-state index contributed by atoms with van der Waals surface area (Å²) >= 11 is 0. The van der Waals surface area contributed by atoms with Gasteiger partial charge in [-0.05, 0) is 37.1 Å². The van der Waals surface area contributed by atoms with Gasteiger partial charge in [-0.3, -0.25) is 18.6 Å². The van der Waals surface area contributed by atoms with E-state index in [-0.39, 0.29) is 12.8 Å². The summed E-state index contributed by atoms with van der Waals surface area (Å²) in [4.78, 5) is 39.0. The van der Waals surface area contributed by atoms with Crippen LogP contribution < -0.4 is 25.0 Å². The van der Waals surface area contributed by atoms with Crippen molar-refractivity contribution in [3.05, 3.63) is 48.0 Å². The average Bonchev–Trinajstić information content (AvgIpc) is 3.35. The molecule has 0 aromatic heterocycles. The molecule has 4 rings (SSSR count). The lowest BCUT2D eigenvalue weighted by molar-refractivity contribution is -0.137. The van der Waals surface area contributed by atoms with Crippen LogP contribution in [0.2, 0.25) is 0 Å². The second kappa shape index (κ2) is 12.5. The van der Waals surface area contributed by atoms with E-state index in [4.69, 9.17) is 9.47 Å². The summed E-state index contributed by atoms with van der Waals surface area (Å²) in [6.07, 6.45) is -0.388. The molecule has 39 heavy (non-hydrogen) atoms. The van der Waals surface area contributed by atoms with Gasteiger partial charge in [-0.2, -0.15) is 13.2 Å². The van der Waals surface area contributed by atoms with Crippen molar-refractivity contribution in [2.75, 3.05) is 35.1 Å². The van der Waals surface area contributed by atoms with E-state index in [1.165, 1.54) is 18.2 Å². The molecule has 1 heterocycles. The molecule has 13 heteroatoms. The van der Waals surface area contributed by atoms with Crippen molar-refractivity contribution in [3.8, 4) is 11.5 Å². The summed E-state index contributed by atoms with van der Waals surface area (Å²) < 4.78 is 64.4. The van der Waals surface area contributed by atoms with E-state index in [9.17, 15) is 31.8 Å². The SMILES string of the molecule is O=C(C[S@@](=O)CC(=O)N(CC(=O)NC1CCCCC1)c1ccccc1C(F)(F)F)Nc1ccc2c(c1)OCO2. The Morgan fingerprint density at radius 3 is 2.41 bits per heavy atom. The highest BCUT2D eigenvalue weighted by Gasteiger charge is 2.36. The Labute approximate surface area is 225 Å². The molecule has 2 aromatic rings. The zero-order valence-electron chi connectivity index (χ0n) is 20.9. The van der Waals surface area contributed by atoms with E-state index in [1.54, 1.807) is 12.1 Å². The minimum atomic E-state index is -4.79. The van der Waals surface area contributed by atoms with Crippen molar-refractivity contribution >= 4 is 39.9 Å². The molecule has 1 aliphatic carbocycles. The maximum absolute atomic E-state index is 13.7. The van der Waals surface area contributed by atoms with Crippen molar-refractivity contribution in [2.45, 2.75) is 44.3 Å². The largest absolute Gasteiger partial charge is 0.454 e. The van der Waals surface area contributed by atoms with E-state index in [2.05, 4.69) is 10.6 Å². The highest BCUT2D eigenvalue weighted by molar-refractivity contribution is 7.86. The Bertz CT molecular complexity index is 1250. The van der Waals surface area contributed by atoms with Gasteiger partial charge in [0, 0.05) is 28.6 Å². The minimum absolute atomic E-state index is 0.0471. The lowest BCUT2D eigenvalue weighted by Crippen LogP contribution is -2.46. The van der Waals surface area contributed by atoms with Gasteiger partial charge >= 0.3 is 6.18 Å². The standard InChI is InChI=1S/C26H28F3N3O6S/c27-26(28,29)19-8-4-5-9-20(19)32(13-23(33)30-17-6-2-1-3-7-17)25(35)15-39(36)14-24(34)31-18-10-11-21-22(12-18)38-16-37-21/h4-5,8-12,17H,1-3,6-7,13-16H2,(H,30,33)(H,31,34)/t39-/m1/s1. The summed E-state index contributed by atoms with van der Waals surface area (Å²) in [7, 11) is -2.07. The minimum Gasteiger partial charge on any atom is -0.454 e. The molecule has 1 atom stereocenters. The predicted octanol–water partition coefficient (Wildman–Crippen LogP) is 3.60. The second-order valence-corrected chi connectivity index (χ2v) is 10.7. The fraction of sp³-hybridized carbons (Fsp3) is 0.423. The first-order chi connectivity index (χ1) is 18.6.